The lowest BCUT2D eigenvalue weighted by Crippen LogP contribution is -2.58. The number of hydrogen-bond acceptors (Lipinski definition) is 3. The highest BCUT2D eigenvalue weighted by molar-refractivity contribution is 5.90. The van der Waals surface area contributed by atoms with Crippen molar-refractivity contribution in [3.8, 4) is 11.1 Å². The molecule has 3 rings (SSSR count). The van der Waals surface area contributed by atoms with Gasteiger partial charge in [-0.25, -0.2) is 4.79 Å². The van der Waals surface area contributed by atoms with Crippen molar-refractivity contribution >= 4 is 5.97 Å². The molecule has 2 aromatic rings. The van der Waals surface area contributed by atoms with Gasteiger partial charge in [-0.05, 0) is 70.2 Å². The van der Waals surface area contributed by atoms with Gasteiger partial charge < -0.3 is 4.84 Å². The standard InChI is InChI=1S/C22H27NO2/c1-21(2)15-8-16-22(3,4)23(21)25-20(24)19-13-11-18(12-14-19)17-9-6-5-7-10-17/h5-7,9-14H,8,15-16H2,1-4H3/i20+1. The molecule has 0 unspecified atom stereocenters. The van der Waals surface area contributed by atoms with Crippen molar-refractivity contribution in [2.75, 3.05) is 0 Å². The Morgan fingerprint density at radius 2 is 1.36 bits per heavy atom. The number of rotatable bonds is 3. The van der Waals surface area contributed by atoms with E-state index in [9.17, 15) is 4.79 Å². The number of hydroxylamine groups is 2. The van der Waals surface area contributed by atoms with Crippen LogP contribution in [-0.4, -0.2) is 22.1 Å². The van der Waals surface area contributed by atoms with Gasteiger partial charge in [0.1, 0.15) is 0 Å². The van der Waals surface area contributed by atoms with Crippen LogP contribution in [0.1, 0.15) is 57.3 Å². The SMILES string of the molecule is CC1(C)CCCC(C)(C)N1O[13C](=O)c1ccc(-c2ccccc2)cc1. The van der Waals surface area contributed by atoms with E-state index < -0.39 is 0 Å². The molecule has 0 radical (unpaired) electrons. The molecule has 1 aliphatic rings. The van der Waals surface area contributed by atoms with E-state index in [1.165, 1.54) is 0 Å². The summed E-state index contributed by atoms with van der Waals surface area (Å²) in [5.74, 6) is -0.289. The lowest BCUT2D eigenvalue weighted by atomic mass is 9.82. The first-order chi connectivity index (χ1) is 11.8. The molecule has 0 spiro atoms. The monoisotopic (exact) mass is 338 g/mol. The number of carbonyl (C=O) groups excluding carboxylic acids is 1. The molecule has 1 fully saturated rings. The lowest BCUT2D eigenvalue weighted by molar-refractivity contribution is -0.240. The van der Waals surface area contributed by atoms with Gasteiger partial charge in [-0.3, -0.25) is 0 Å². The molecule has 25 heavy (non-hydrogen) atoms. The van der Waals surface area contributed by atoms with Crippen molar-refractivity contribution in [3.05, 3.63) is 60.2 Å². The van der Waals surface area contributed by atoms with E-state index in [1.807, 2.05) is 47.5 Å². The van der Waals surface area contributed by atoms with E-state index in [-0.39, 0.29) is 17.0 Å². The smallest absolute Gasteiger partial charge is 0.357 e. The summed E-state index contributed by atoms with van der Waals surface area (Å²) in [6, 6.07) is 17.8. The van der Waals surface area contributed by atoms with Crippen LogP contribution < -0.4 is 0 Å². The summed E-state index contributed by atoms with van der Waals surface area (Å²) in [6.45, 7) is 8.55. The zero-order valence-electron chi connectivity index (χ0n) is 15.6. The predicted octanol–water partition coefficient (Wildman–Crippen LogP) is 5.47. The molecule has 0 N–H and O–H groups in total. The highest BCUT2D eigenvalue weighted by Crippen LogP contribution is 2.38. The van der Waals surface area contributed by atoms with Crippen molar-refractivity contribution in [1.82, 2.24) is 5.06 Å². The Morgan fingerprint density at radius 3 is 1.92 bits per heavy atom. The topological polar surface area (TPSA) is 29.5 Å². The van der Waals surface area contributed by atoms with E-state index >= 15 is 0 Å². The molecule has 0 amide bonds. The minimum atomic E-state index is -0.289. The first kappa shape index (κ1) is 17.7. The van der Waals surface area contributed by atoms with Crippen molar-refractivity contribution < 1.29 is 9.63 Å². The highest BCUT2D eigenvalue weighted by Gasteiger charge is 2.44. The average molecular weight is 338 g/mol. The summed E-state index contributed by atoms with van der Waals surface area (Å²) in [6.07, 6.45) is 3.20. The zero-order valence-corrected chi connectivity index (χ0v) is 15.6. The first-order valence-electron chi connectivity index (χ1n) is 8.98. The summed E-state index contributed by atoms with van der Waals surface area (Å²) in [5.41, 5.74) is 2.51. The second kappa shape index (κ2) is 6.64. The Kier molecular flexibility index (Phi) is 4.70. The molecule has 1 aliphatic heterocycles. The summed E-state index contributed by atoms with van der Waals surface area (Å²) < 4.78 is 0. The molecule has 1 heterocycles. The molecule has 0 bridgehead atoms. The van der Waals surface area contributed by atoms with Gasteiger partial charge in [-0.1, -0.05) is 42.5 Å². The maximum absolute atomic E-state index is 12.7. The molecule has 0 saturated carbocycles. The van der Waals surface area contributed by atoms with Gasteiger partial charge in [0, 0.05) is 0 Å². The Labute approximate surface area is 150 Å². The van der Waals surface area contributed by atoms with Crippen molar-refractivity contribution in [1.29, 1.82) is 0 Å². The van der Waals surface area contributed by atoms with Crippen molar-refractivity contribution in [3.63, 3.8) is 0 Å². The number of hydrogen-bond donors (Lipinski definition) is 0. The van der Waals surface area contributed by atoms with E-state index in [0.29, 0.717) is 5.56 Å². The number of benzene rings is 2. The molecule has 1 saturated heterocycles. The maximum atomic E-state index is 12.7. The van der Waals surface area contributed by atoms with Crippen LogP contribution in [0.3, 0.4) is 0 Å². The third-order valence-corrected chi connectivity index (χ3v) is 5.08. The third-order valence-electron chi connectivity index (χ3n) is 5.08. The van der Waals surface area contributed by atoms with Gasteiger partial charge in [0.05, 0.1) is 16.6 Å². The Balaban J connectivity index is 1.77. The van der Waals surface area contributed by atoms with Gasteiger partial charge >= 0.3 is 5.97 Å². The molecule has 0 aromatic heterocycles. The molecule has 132 valence electrons. The molecule has 0 aliphatic carbocycles. The van der Waals surface area contributed by atoms with Crippen molar-refractivity contribution in [2.24, 2.45) is 0 Å². The Morgan fingerprint density at radius 1 is 0.840 bits per heavy atom. The molecular formula is C22H27NO2. The van der Waals surface area contributed by atoms with Crippen molar-refractivity contribution in [2.45, 2.75) is 58.0 Å². The van der Waals surface area contributed by atoms with E-state index in [1.54, 1.807) is 0 Å². The summed E-state index contributed by atoms with van der Waals surface area (Å²) >= 11 is 0. The first-order valence-corrected chi connectivity index (χ1v) is 8.98. The fraction of sp³-hybridized carbons (Fsp3) is 0.409. The zero-order chi connectivity index (χ0) is 18.1. The molecule has 2 aromatic carbocycles. The molecule has 0 atom stereocenters. The maximum Gasteiger partial charge on any atom is 0.357 e. The van der Waals surface area contributed by atoms with E-state index in [4.69, 9.17) is 4.84 Å². The average Bonchev–Trinajstić information content (AvgIpc) is 2.58. The fourth-order valence-electron chi connectivity index (χ4n) is 3.79. The Hall–Kier alpha value is -2.13. The highest BCUT2D eigenvalue weighted by atomic mass is 16.8. The molecular weight excluding hydrogens is 311 g/mol. The van der Waals surface area contributed by atoms with E-state index in [0.717, 1.165) is 30.4 Å². The minimum absolute atomic E-state index is 0.151. The number of piperidine rings is 1. The quantitative estimate of drug-likeness (QED) is 0.695. The van der Waals surface area contributed by atoms with Gasteiger partial charge in [-0.2, -0.15) is 0 Å². The molecule has 3 nitrogen and oxygen atoms in total. The third kappa shape index (κ3) is 3.77. The Bertz CT molecular complexity index is 716. The van der Waals surface area contributed by atoms with Gasteiger partial charge in [0.25, 0.3) is 0 Å². The van der Waals surface area contributed by atoms with Crippen LogP contribution in [0.15, 0.2) is 54.6 Å². The second-order valence-corrected chi connectivity index (χ2v) is 8.09. The lowest BCUT2D eigenvalue weighted by Gasteiger charge is -2.50. The van der Waals surface area contributed by atoms with E-state index in [2.05, 4.69) is 39.8 Å². The fourth-order valence-corrected chi connectivity index (χ4v) is 3.79. The summed E-state index contributed by atoms with van der Waals surface area (Å²) in [5, 5.41) is 1.90. The summed E-state index contributed by atoms with van der Waals surface area (Å²) in [7, 11) is 0. The minimum Gasteiger partial charge on any atom is -0.363 e. The predicted molar refractivity (Wildman–Crippen MR) is 101 cm³/mol. The number of nitrogens with zero attached hydrogens (tertiary/aromatic N) is 1. The van der Waals surface area contributed by atoms with Crippen LogP contribution in [0, 0.1) is 0 Å². The van der Waals surface area contributed by atoms with Crippen LogP contribution in [0.25, 0.3) is 11.1 Å². The van der Waals surface area contributed by atoms with Gasteiger partial charge in [0.2, 0.25) is 0 Å². The van der Waals surface area contributed by atoms with Crippen LogP contribution in [0.5, 0.6) is 0 Å². The molecule has 3 heteroatoms. The van der Waals surface area contributed by atoms with Gasteiger partial charge in [0.15, 0.2) is 0 Å². The normalized spacial score (nSPS) is 19.4. The largest absolute Gasteiger partial charge is 0.363 e. The van der Waals surface area contributed by atoms with Crippen LogP contribution in [-0.2, 0) is 4.84 Å². The van der Waals surface area contributed by atoms with Crippen LogP contribution in [0.4, 0.5) is 0 Å². The van der Waals surface area contributed by atoms with Crippen LogP contribution in [0.2, 0.25) is 0 Å². The summed E-state index contributed by atoms with van der Waals surface area (Å²) in [4.78, 5) is 18.5. The number of carbonyl (C=O) groups is 1. The second-order valence-electron chi connectivity index (χ2n) is 8.09. The van der Waals surface area contributed by atoms with Crippen LogP contribution >= 0.6 is 0 Å². The van der Waals surface area contributed by atoms with Gasteiger partial charge in [-0.15, -0.1) is 5.06 Å².